The predicted octanol–water partition coefficient (Wildman–Crippen LogP) is 2.10. The van der Waals surface area contributed by atoms with Crippen LogP contribution < -0.4 is 10.0 Å². The fourth-order valence-electron chi connectivity index (χ4n) is 1.40. The quantitative estimate of drug-likeness (QED) is 0.773. The van der Waals surface area contributed by atoms with E-state index in [2.05, 4.69) is 26.0 Å². The van der Waals surface area contributed by atoms with E-state index in [0.717, 1.165) is 0 Å². The Balaban J connectivity index is 2.70. The van der Waals surface area contributed by atoms with Crippen LogP contribution in [0.15, 0.2) is 29.2 Å². The molecule has 0 heterocycles. The normalized spacial score (nSPS) is 13.0. The maximum atomic E-state index is 11.9. The smallest absolute Gasteiger partial charge is 0.240 e. The number of rotatable bonds is 6. The van der Waals surface area contributed by atoms with Crippen molar-refractivity contribution in [1.82, 2.24) is 4.72 Å². The Morgan fingerprint density at radius 3 is 2.37 bits per heavy atom. The number of nitrogens with one attached hydrogen (secondary N) is 2. The molecule has 1 amide bonds. The van der Waals surface area contributed by atoms with Crippen LogP contribution in [0.3, 0.4) is 0 Å². The summed E-state index contributed by atoms with van der Waals surface area (Å²) in [5.74, 6) is -0.194. The third kappa shape index (κ3) is 5.71. The molecule has 0 saturated heterocycles. The number of carbonyl (C=O) groups excluding carboxylic acids is 1. The summed E-state index contributed by atoms with van der Waals surface area (Å²) in [5.41, 5.74) is 0.570. The van der Waals surface area contributed by atoms with Crippen LogP contribution >= 0.6 is 15.9 Å². The Hall–Kier alpha value is -0.920. The molecular weight excluding hydrogens is 332 g/mol. The first-order chi connectivity index (χ1) is 8.81. The van der Waals surface area contributed by atoms with Gasteiger partial charge in [0.05, 0.1) is 4.90 Å². The molecule has 0 radical (unpaired) electrons. The van der Waals surface area contributed by atoms with E-state index in [9.17, 15) is 13.2 Å². The average Bonchev–Trinajstić information content (AvgIpc) is 2.28. The van der Waals surface area contributed by atoms with Crippen LogP contribution in [0.2, 0.25) is 0 Å². The monoisotopic (exact) mass is 348 g/mol. The van der Waals surface area contributed by atoms with Gasteiger partial charge in [-0.15, -0.1) is 0 Å². The first kappa shape index (κ1) is 16.1. The van der Waals surface area contributed by atoms with E-state index in [4.69, 9.17) is 0 Å². The number of anilines is 1. The standard InChI is InChI=1S/C12H17BrN2O3S/c1-9(13)7-8-14-19(17,18)12-5-3-11(4-6-12)15-10(2)16/h3-6,9,14H,7-8H2,1-2H3,(H,15,16). The lowest BCUT2D eigenvalue weighted by Crippen LogP contribution is -2.25. The first-order valence-corrected chi connectivity index (χ1v) is 8.22. The number of carbonyl (C=O) groups is 1. The third-order valence-corrected chi connectivity index (χ3v) is 4.25. The molecule has 2 N–H and O–H groups in total. The molecule has 5 nitrogen and oxygen atoms in total. The van der Waals surface area contributed by atoms with Gasteiger partial charge < -0.3 is 5.32 Å². The minimum absolute atomic E-state index is 0.184. The molecule has 0 aromatic heterocycles. The fraction of sp³-hybridized carbons (Fsp3) is 0.417. The van der Waals surface area contributed by atoms with E-state index in [1.165, 1.54) is 19.1 Å². The predicted molar refractivity (Wildman–Crippen MR) is 78.9 cm³/mol. The summed E-state index contributed by atoms with van der Waals surface area (Å²) in [4.78, 5) is 11.3. The first-order valence-electron chi connectivity index (χ1n) is 5.82. The van der Waals surface area contributed by atoms with Crippen molar-refractivity contribution in [2.24, 2.45) is 0 Å². The van der Waals surface area contributed by atoms with E-state index >= 15 is 0 Å². The van der Waals surface area contributed by atoms with Gasteiger partial charge in [-0.1, -0.05) is 22.9 Å². The Morgan fingerprint density at radius 1 is 1.32 bits per heavy atom. The van der Waals surface area contributed by atoms with Gasteiger partial charge in [0.15, 0.2) is 0 Å². The molecule has 0 aliphatic carbocycles. The van der Waals surface area contributed by atoms with E-state index in [1.54, 1.807) is 12.1 Å². The van der Waals surface area contributed by atoms with Crippen LogP contribution in [0.25, 0.3) is 0 Å². The minimum atomic E-state index is -3.48. The van der Waals surface area contributed by atoms with Crippen LogP contribution in [-0.4, -0.2) is 25.7 Å². The van der Waals surface area contributed by atoms with Crippen LogP contribution in [0, 0.1) is 0 Å². The van der Waals surface area contributed by atoms with Gasteiger partial charge in [-0.25, -0.2) is 13.1 Å². The van der Waals surface area contributed by atoms with E-state index in [1.807, 2.05) is 6.92 Å². The van der Waals surface area contributed by atoms with Gasteiger partial charge in [-0.3, -0.25) is 4.79 Å². The second-order valence-electron chi connectivity index (χ2n) is 4.17. The minimum Gasteiger partial charge on any atom is -0.326 e. The molecule has 0 saturated carbocycles. The second kappa shape index (κ2) is 7.02. The highest BCUT2D eigenvalue weighted by Gasteiger charge is 2.13. The number of hydrogen-bond donors (Lipinski definition) is 2. The van der Waals surface area contributed by atoms with Crippen LogP contribution in [-0.2, 0) is 14.8 Å². The van der Waals surface area contributed by atoms with Crippen molar-refractivity contribution in [3.63, 3.8) is 0 Å². The Labute approximate surface area is 122 Å². The summed E-state index contributed by atoms with van der Waals surface area (Å²) in [7, 11) is -3.48. The van der Waals surface area contributed by atoms with Gasteiger partial charge in [0.1, 0.15) is 0 Å². The summed E-state index contributed by atoms with van der Waals surface area (Å²) < 4.78 is 26.4. The zero-order chi connectivity index (χ0) is 14.5. The Kier molecular flexibility index (Phi) is 5.96. The molecular formula is C12H17BrN2O3S. The molecule has 0 aliphatic rings. The van der Waals surface area contributed by atoms with Crippen molar-refractivity contribution in [2.45, 2.75) is 30.0 Å². The molecule has 19 heavy (non-hydrogen) atoms. The summed E-state index contributed by atoms with van der Waals surface area (Å²) >= 11 is 3.36. The maximum Gasteiger partial charge on any atom is 0.240 e. The lowest BCUT2D eigenvalue weighted by Gasteiger charge is -2.08. The zero-order valence-electron chi connectivity index (χ0n) is 10.8. The van der Waals surface area contributed by atoms with Crippen molar-refractivity contribution in [1.29, 1.82) is 0 Å². The largest absolute Gasteiger partial charge is 0.326 e. The molecule has 1 aromatic carbocycles. The Morgan fingerprint density at radius 2 is 1.89 bits per heavy atom. The lowest BCUT2D eigenvalue weighted by atomic mass is 10.3. The summed E-state index contributed by atoms with van der Waals surface area (Å²) in [6, 6.07) is 6.04. The van der Waals surface area contributed by atoms with Crippen molar-refractivity contribution in [3.8, 4) is 0 Å². The summed E-state index contributed by atoms with van der Waals surface area (Å²) in [5, 5.41) is 2.58. The molecule has 0 spiro atoms. The summed E-state index contributed by atoms with van der Waals surface area (Å²) in [6.45, 7) is 3.73. The zero-order valence-corrected chi connectivity index (χ0v) is 13.2. The van der Waals surface area contributed by atoms with Crippen molar-refractivity contribution in [3.05, 3.63) is 24.3 Å². The molecule has 0 fully saturated rings. The number of sulfonamides is 1. The molecule has 1 rings (SSSR count). The number of amides is 1. The second-order valence-corrected chi connectivity index (χ2v) is 7.50. The van der Waals surface area contributed by atoms with E-state index in [-0.39, 0.29) is 15.6 Å². The molecule has 0 aliphatic heterocycles. The average molecular weight is 349 g/mol. The molecule has 1 atom stereocenters. The van der Waals surface area contributed by atoms with Gasteiger partial charge in [0.25, 0.3) is 0 Å². The SMILES string of the molecule is CC(=O)Nc1ccc(S(=O)(=O)NCCC(C)Br)cc1. The fourth-order valence-corrected chi connectivity index (χ4v) is 2.67. The van der Waals surface area contributed by atoms with Crippen molar-refractivity contribution < 1.29 is 13.2 Å². The molecule has 0 bridgehead atoms. The van der Waals surface area contributed by atoms with Crippen LogP contribution in [0.5, 0.6) is 0 Å². The van der Waals surface area contributed by atoms with Crippen LogP contribution in [0.4, 0.5) is 5.69 Å². The Bertz CT molecular complexity index is 526. The van der Waals surface area contributed by atoms with E-state index in [0.29, 0.717) is 18.7 Å². The topological polar surface area (TPSA) is 75.3 Å². The highest BCUT2D eigenvalue weighted by molar-refractivity contribution is 9.09. The van der Waals surface area contributed by atoms with Gasteiger partial charge in [-0.05, 0) is 30.7 Å². The van der Waals surface area contributed by atoms with Gasteiger partial charge in [0, 0.05) is 24.0 Å². The highest BCUT2D eigenvalue weighted by atomic mass is 79.9. The maximum absolute atomic E-state index is 11.9. The van der Waals surface area contributed by atoms with Gasteiger partial charge >= 0.3 is 0 Å². The number of benzene rings is 1. The van der Waals surface area contributed by atoms with Gasteiger partial charge in [-0.2, -0.15) is 0 Å². The highest BCUT2D eigenvalue weighted by Crippen LogP contribution is 2.14. The number of hydrogen-bond acceptors (Lipinski definition) is 3. The third-order valence-electron chi connectivity index (χ3n) is 2.32. The number of alkyl halides is 1. The molecule has 1 aromatic rings. The molecule has 1 unspecified atom stereocenters. The molecule has 106 valence electrons. The lowest BCUT2D eigenvalue weighted by molar-refractivity contribution is -0.114. The van der Waals surface area contributed by atoms with E-state index < -0.39 is 10.0 Å². The van der Waals surface area contributed by atoms with Gasteiger partial charge in [0.2, 0.25) is 15.9 Å². The summed E-state index contributed by atoms with van der Waals surface area (Å²) in [6.07, 6.45) is 0.712. The van der Waals surface area contributed by atoms with Crippen molar-refractivity contribution in [2.75, 3.05) is 11.9 Å². The molecule has 7 heteroatoms. The van der Waals surface area contributed by atoms with Crippen LogP contribution in [0.1, 0.15) is 20.3 Å². The van der Waals surface area contributed by atoms with Crippen molar-refractivity contribution >= 4 is 37.5 Å². The number of halogens is 1.